The van der Waals surface area contributed by atoms with Crippen molar-refractivity contribution >= 4 is 17.2 Å². The van der Waals surface area contributed by atoms with Crippen molar-refractivity contribution in [1.82, 2.24) is 9.97 Å². The van der Waals surface area contributed by atoms with Gasteiger partial charge >= 0.3 is 0 Å². The Labute approximate surface area is 141 Å². The molecule has 4 heteroatoms. The zero-order valence-electron chi connectivity index (χ0n) is 13.8. The minimum atomic E-state index is 0.304. The molecule has 5 rings (SSSR count). The Kier molecular flexibility index (Phi) is 2.71. The zero-order chi connectivity index (χ0) is 16.3. The highest BCUT2D eigenvalue weighted by molar-refractivity contribution is 5.85. The lowest BCUT2D eigenvalue weighted by Crippen LogP contribution is -2.36. The lowest BCUT2D eigenvalue weighted by atomic mass is 10.1. The number of hydrogen-bond donors (Lipinski definition) is 0. The summed E-state index contributed by atoms with van der Waals surface area (Å²) in [4.78, 5) is 14.2. The van der Waals surface area contributed by atoms with Crippen LogP contribution in [-0.4, -0.2) is 23.2 Å². The minimum Gasteiger partial charge on any atom is -0.349 e. The molecule has 0 radical (unpaired) electrons. The predicted molar refractivity (Wildman–Crippen MR) is 96.7 cm³/mol. The standard InChI is InChI=1S/C20H18N4/c1-13-7-3-5-9-15(13)19-21-12-17-20(22-19)24-16-10-6-4-8-14(16)11-18(24)23(17)2/h3-10,12,18H,11H2,1-2H3. The fraction of sp³-hybridized carbons (Fsp3) is 0.200. The molecule has 3 aromatic rings. The number of likely N-dealkylation sites (N-methyl/N-ethyl adjacent to an activating group) is 1. The number of nitrogens with zero attached hydrogens (tertiary/aromatic N) is 4. The number of aryl methyl sites for hydroxylation is 1. The number of anilines is 3. The summed E-state index contributed by atoms with van der Waals surface area (Å²) in [5.74, 6) is 1.81. The molecule has 0 aliphatic carbocycles. The van der Waals surface area contributed by atoms with Crippen molar-refractivity contribution < 1.29 is 0 Å². The summed E-state index contributed by atoms with van der Waals surface area (Å²) in [7, 11) is 2.13. The van der Waals surface area contributed by atoms with Crippen molar-refractivity contribution in [2.24, 2.45) is 0 Å². The number of aromatic nitrogens is 2. The van der Waals surface area contributed by atoms with E-state index in [1.165, 1.54) is 16.8 Å². The molecule has 24 heavy (non-hydrogen) atoms. The van der Waals surface area contributed by atoms with Crippen LogP contribution in [0, 0.1) is 6.92 Å². The van der Waals surface area contributed by atoms with Crippen molar-refractivity contribution in [3.63, 3.8) is 0 Å². The molecule has 0 bridgehead atoms. The van der Waals surface area contributed by atoms with Crippen molar-refractivity contribution in [2.45, 2.75) is 19.5 Å². The number of rotatable bonds is 1. The van der Waals surface area contributed by atoms with Crippen LogP contribution >= 0.6 is 0 Å². The van der Waals surface area contributed by atoms with Gasteiger partial charge in [-0.1, -0.05) is 42.5 Å². The number of fused-ring (bicyclic) bond motifs is 5. The van der Waals surface area contributed by atoms with Gasteiger partial charge in [-0.05, 0) is 24.1 Å². The Balaban J connectivity index is 1.69. The van der Waals surface area contributed by atoms with E-state index in [1.807, 2.05) is 18.3 Å². The Morgan fingerprint density at radius 1 is 1.00 bits per heavy atom. The van der Waals surface area contributed by atoms with E-state index >= 15 is 0 Å². The van der Waals surface area contributed by atoms with E-state index in [1.54, 1.807) is 0 Å². The first-order chi connectivity index (χ1) is 11.7. The molecule has 2 aliphatic heterocycles. The Morgan fingerprint density at radius 2 is 1.79 bits per heavy atom. The highest BCUT2D eigenvalue weighted by atomic mass is 15.4. The van der Waals surface area contributed by atoms with Crippen LogP contribution in [0.4, 0.5) is 17.2 Å². The summed E-state index contributed by atoms with van der Waals surface area (Å²) >= 11 is 0. The van der Waals surface area contributed by atoms with Crippen molar-refractivity contribution in [2.75, 3.05) is 16.8 Å². The number of hydrogen-bond acceptors (Lipinski definition) is 4. The third kappa shape index (κ3) is 1.74. The summed E-state index contributed by atoms with van der Waals surface area (Å²) in [5, 5.41) is 0. The van der Waals surface area contributed by atoms with Gasteiger partial charge in [-0.25, -0.2) is 9.97 Å². The summed E-state index contributed by atoms with van der Waals surface area (Å²) < 4.78 is 0. The second-order valence-corrected chi connectivity index (χ2v) is 6.51. The average Bonchev–Trinajstić information content (AvgIpc) is 3.12. The maximum Gasteiger partial charge on any atom is 0.162 e. The van der Waals surface area contributed by atoms with E-state index in [2.05, 4.69) is 65.2 Å². The zero-order valence-corrected chi connectivity index (χ0v) is 13.8. The Morgan fingerprint density at radius 3 is 2.67 bits per heavy atom. The molecule has 3 heterocycles. The van der Waals surface area contributed by atoms with Gasteiger partial charge in [0.1, 0.15) is 11.9 Å². The van der Waals surface area contributed by atoms with Crippen molar-refractivity contribution in [1.29, 1.82) is 0 Å². The minimum absolute atomic E-state index is 0.304. The summed E-state index contributed by atoms with van der Waals surface area (Å²) in [6, 6.07) is 16.9. The van der Waals surface area contributed by atoms with Gasteiger partial charge in [0, 0.05) is 24.7 Å². The van der Waals surface area contributed by atoms with E-state index in [0.29, 0.717) is 6.17 Å². The van der Waals surface area contributed by atoms with Crippen molar-refractivity contribution in [3.05, 3.63) is 65.9 Å². The van der Waals surface area contributed by atoms with E-state index in [-0.39, 0.29) is 0 Å². The van der Waals surface area contributed by atoms with Gasteiger partial charge in [-0.15, -0.1) is 0 Å². The molecule has 0 spiro atoms. The second-order valence-electron chi connectivity index (χ2n) is 6.51. The van der Waals surface area contributed by atoms with Gasteiger partial charge in [-0.3, -0.25) is 0 Å². The topological polar surface area (TPSA) is 32.3 Å². The van der Waals surface area contributed by atoms with Crippen LogP contribution in [0.3, 0.4) is 0 Å². The molecule has 0 saturated heterocycles. The molecule has 4 nitrogen and oxygen atoms in total. The van der Waals surface area contributed by atoms with Gasteiger partial charge in [0.2, 0.25) is 0 Å². The molecule has 0 amide bonds. The van der Waals surface area contributed by atoms with Crippen LogP contribution in [0.1, 0.15) is 11.1 Å². The molecule has 1 aromatic heterocycles. The smallest absolute Gasteiger partial charge is 0.162 e. The molecule has 1 unspecified atom stereocenters. The molecule has 1 atom stereocenters. The first-order valence-electron chi connectivity index (χ1n) is 8.27. The van der Waals surface area contributed by atoms with E-state index in [4.69, 9.17) is 4.98 Å². The quantitative estimate of drug-likeness (QED) is 0.681. The Bertz CT molecular complexity index is 950. The van der Waals surface area contributed by atoms with E-state index in [9.17, 15) is 0 Å². The van der Waals surface area contributed by atoms with Gasteiger partial charge in [-0.2, -0.15) is 0 Å². The summed E-state index contributed by atoms with van der Waals surface area (Å²) in [6.45, 7) is 2.10. The van der Waals surface area contributed by atoms with Crippen LogP contribution in [0.2, 0.25) is 0 Å². The summed E-state index contributed by atoms with van der Waals surface area (Å²) in [6.07, 6.45) is 3.28. The lowest BCUT2D eigenvalue weighted by molar-refractivity contribution is 0.701. The first-order valence-corrected chi connectivity index (χ1v) is 8.27. The third-order valence-electron chi connectivity index (χ3n) is 5.14. The molecule has 2 aromatic carbocycles. The normalized spacial score (nSPS) is 17.7. The van der Waals surface area contributed by atoms with Crippen LogP contribution in [0.25, 0.3) is 11.4 Å². The fourth-order valence-electron chi connectivity index (χ4n) is 3.84. The van der Waals surface area contributed by atoms with Crippen molar-refractivity contribution in [3.8, 4) is 11.4 Å². The molecule has 0 N–H and O–H groups in total. The monoisotopic (exact) mass is 314 g/mol. The van der Waals surface area contributed by atoms with Crippen LogP contribution in [0.5, 0.6) is 0 Å². The molecule has 118 valence electrons. The maximum atomic E-state index is 4.95. The summed E-state index contributed by atoms with van der Waals surface area (Å²) in [5.41, 5.74) is 6.05. The van der Waals surface area contributed by atoms with E-state index < -0.39 is 0 Å². The molecular weight excluding hydrogens is 296 g/mol. The van der Waals surface area contributed by atoms with Gasteiger partial charge < -0.3 is 9.80 Å². The lowest BCUT2D eigenvalue weighted by Gasteiger charge is -2.22. The fourth-order valence-corrected chi connectivity index (χ4v) is 3.84. The molecule has 2 aliphatic rings. The molecule has 0 saturated carbocycles. The van der Waals surface area contributed by atoms with Crippen LogP contribution in [0.15, 0.2) is 54.7 Å². The van der Waals surface area contributed by atoms with Gasteiger partial charge in [0.25, 0.3) is 0 Å². The van der Waals surface area contributed by atoms with E-state index in [0.717, 1.165) is 29.3 Å². The Hall–Kier alpha value is -2.88. The SMILES string of the molecule is Cc1ccccc1-c1ncc2c(n1)N1c3ccccc3CC1N2C. The largest absolute Gasteiger partial charge is 0.349 e. The third-order valence-corrected chi connectivity index (χ3v) is 5.14. The highest BCUT2D eigenvalue weighted by Crippen LogP contribution is 2.48. The molecular formula is C20H18N4. The second kappa shape index (κ2) is 4.81. The van der Waals surface area contributed by atoms with Crippen LogP contribution < -0.4 is 9.80 Å². The van der Waals surface area contributed by atoms with Gasteiger partial charge in [0.05, 0.1) is 6.20 Å². The highest BCUT2D eigenvalue weighted by Gasteiger charge is 2.41. The first kappa shape index (κ1) is 13.5. The van der Waals surface area contributed by atoms with Crippen LogP contribution in [-0.2, 0) is 6.42 Å². The number of benzene rings is 2. The van der Waals surface area contributed by atoms with Gasteiger partial charge in [0.15, 0.2) is 11.6 Å². The number of para-hydroxylation sites is 1. The molecule has 0 fully saturated rings. The predicted octanol–water partition coefficient (Wildman–Crippen LogP) is 3.92. The average molecular weight is 314 g/mol. The maximum absolute atomic E-state index is 4.95.